The van der Waals surface area contributed by atoms with Gasteiger partial charge < -0.3 is 14.8 Å². The molecule has 110 valence electrons. The Bertz CT molecular complexity index is 476. The van der Waals surface area contributed by atoms with Crippen LogP contribution in [-0.4, -0.2) is 32.1 Å². The van der Waals surface area contributed by atoms with Gasteiger partial charge in [-0.2, -0.15) is 0 Å². The monoisotopic (exact) mass is 299 g/mol. The van der Waals surface area contributed by atoms with E-state index in [2.05, 4.69) is 5.32 Å². The van der Waals surface area contributed by atoms with Crippen LogP contribution in [0.1, 0.15) is 30.1 Å². The molecule has 0 radical (unpaired) electrons. The maximum absolute atomic E-state index is 11.9. The van der Waals surface area contributed by atoms with Crippen LogP contribution in [0, 0.1) is 0 Å². The highest BCUT2D eigenvalue weighted by atomic mass is 35.5. The predicted octanol–water partition coefficient (Wildman–Crippen LogP) is 2.42. The summed E-state index contributed by atoms with van der Waals surface area (Å²) in [4.78, 5) is 23.3. The molecule has 20 heavy (non-hydrogen) atoms. The molecule has 0 atom stereocenters. The lowest BCUT2D eigenvalue weighted by Gasteiger charge is -2.09. The zero-order valence-corrected chi connectivity index (χ0v) is 12.3. The molecule has 0 aliphatic heterocycles. The van der Waals surface area contributed by atoms with Gasteiger partial charge in [0, 0.05) is 5.02 Å². The molecule has 5 nitrogen and oxygen atoms in total. The number of nitrogens with one attached hydrogen (secondary N) is 1. The molecule has 1 aromatic rings. The van der Waals surface area contributed by atoms with Crippen molar-refractivity contribution in [2.75, 3.05) is 20.3 Å². The van der Waals surface area contributed by atoms with E-state index in [1.807, 2.05) is 6.92 Å². The highest BCUT2D eigenvalue weighted by molar-refractivity contribution is 6.30. The van der Waals surface area contributed by atoms with Crippen LogP contribution in [0.15, 0.2) is 18.2 Å². The lowest BCUT2D eigenvalue weighted by Crippen LogP contribution is -2.31. The number of hydrogen-bond donors (Lipinski definition) is 1. The Balaban J connectivity index is 2.52. The summed E-state index contributed by atoms with van der Waals surface area (Å²) in [6.45, 7) is 2.20. The number of benzene rings is 1. The average Bonchev–Trinajstić information content (AvgIpc) is 2.44. The van der Waals surface area contributed by atoms with Gasteiger partial charge >= 0.3 is 5.97 Å². The minimum Gasteiger partial charge on any atom is -0.496 e. The highest BCUT2D eigenvalue weighted by Gasteiger charge is 2.14. The van der Waals surface area contributed by atoms with Crippen LogP contribution in [0.5, 0.6) is 5.75 Å². The Kier molecular flexibility index (Phi) is 6.87. The summed E-state index contributed by atoms with van der Waals surface area (Å²) in [5.41, 5.74) is 0.318. The summed E-state index contributed by atoms with van der Waals surface area (Å²) < 4.78 is 10.0. The Hall–Kier alpha value is -1.75. The maximum Gasteiger partial charge on any atom is 0.325 e. The first-order chi connectivity index (χ1) is 9.58. The molecule has 0 aromatic heterocycles. The number of hydrogen-bond acceptors (Lipinski definition) is 4. The van der Waals surface area contributed by atoms with Gasteiger partial charge in [-0.15, -0.1) is 0 Å². The highest BCUT2D eigenvalue weighted by Crippen LogP contribution is 2.22. The standard InChI is InChI=1S/C14H18ClNO4/c1-3-4-7-20-13(17)9-16-14(18)11-6-5-10(15)8-12(11)19-2/h5-6,8H,3-4,7,9H2,1-2H3,(H,16,18). The van der Waals surface area contributed by atoms with E-state index in [9.17, 15) is 9.59 Å². The minimum atomic E-state index is -0.459. The van der Waals surface area contributed by atoms with Crippen molar-refractivity contribution in [2.24, 2.45) is 0 Å². The number of amides is 1. The Morgan fingerprint density at radius 3 is 2.75 bits per heavy atom. The number of carbonyl (C=O) groups excluding carboxylic acids is 2. The number of rotatable bonds is 7. The molecule has 0 unspecified atom stereocenters. The third kappa shape index (κ3) is 5.09. The molecule has 1 rings (SSSR count). The van der Waals surface area contributed by atoms with Gasteiger partial charge in [-0.25, -0.2) is 0 Å². The second-order valence-corrected chi connectivity index (χ2v) is 4.54. The molecular formula is C14H18ClNO4. The van der Waals surface area contributed by atoms with Gasteiger partial charge in [-0.05, 0) is 24.6 Å². The Morgan fingerprint density at radius 2 is 2.10 bits per heavy atom. The fraction of sp³-hybridized carbons (Fsp3) is 0.429. The summed E-state index contributed by atoms with van der Waals surface area (Å²) in [7, 11) is 1.45. The third-order valence-electron chi connectivity index (χ3n) is 2.56. The second-order valence-electron chi connectivity index (χ2n) is 4.10. The number of halogens is 1. The van der Waals surface area contributed by atoms with E-state index < -0.39 is 11.9 Å². The molecule has 0 fully saturated rings. The smallest absolute Gasteiger partial charge is 0.325 e. The first-order valence-electron chi connectivity index (χ1n) is 6.35. The van der Waals surface area contributed by atoms with E-state index in [1.165, 1.54) is 13.2 Å². The van der Waals surface area contributed by atoms with E-state index in [-0.39, 0.29) is 6.54 Å². The molecule has 0 heterocycles. The van der Waals surface area contributed by atoms with Crippen LogP contribution < -0.4 is 10.1 Å². The second kappa shape index (κ2) is 8.43. The van der Waals surface area contributed by atoms with Crippen LogP contribution in [0.3, 0.4) is 0 Å². The van der Waals surface area contributed by atoms with Gasteiger partial charge in [0.15, 0.2) is 0 Å². The van der Waals surface area contributed by atoms with Crippen LogP contribution in [0.2, 0.25) is 5.02 Å². The Labute approximate surface area is 123 Å². The summed E-state index contributed by atoms with van der Waals surface area (Å²) in [6.07, 6.45) is 1.76. The number of methoxy groups -OCH3 is 1. The molecule has 0 bridgehead atoms. The van der Waals surface area contributed by atoms with E-state index in [4.69, 9.17) is 21.1 Å². The van der Waals surface area contributed by atoms with Crippen molar-refractivity contribution in [1.82, 2.24) is 5.32 Å². The molecule has 0 saturated carbocycles. The summed E-state index contributed by atoms with van der Waals surface area (Å²) >= 11 is 5.81. The quantitative estimate of drug-likeness (QED) is 0.620. The summed E-state index contributed by atoms with van der Waals surface area (Å²) in [6, 6.07) is 4.66. The van der Waals surface area contributed by atoms with Crippen molar-refractivity contribution in [3.8, 4) is 5.75 Å². The van der Waals surface area contributed by atoms with Gasteiger partial charge in [0.25, 0.3) is 5.91 Å². The molecule has 1 amide bonds. The van der Waals surface area contributed by atoms with E-state index in [1.54, 1.807) is 12.1 Å². The van der Waals surface area contributed by atoms with Crippen molar-refractivity contribution in [2.45, 2.75) is 19.8 Å². The van der Waals surface area contributed by atoms with E-state index in [0.29, 0.717) is 22.9 Å². The Morgan fingerprint density at radius 1 is 1.35 bits per heavy atom. The first-order valence-corrected chi connectivity index (χ1v) is 6.73. The molecule has 6 heteroatoms. The van der Waals surface area contributed by atoms with Crippen LogP contribution in [0.25, 0.3) is 0 Å². The van der Waals surface area contributed by atoms with E-state index in [0.717, 1.165) is 12.8 Å². The molecule has 0 aliphatic carbocycles. The van der Waals surface area contributed by atoms with Crippen molar-refractivity contribution in [3.63, 3.8) is 0 Å². The van der Waals surface area contributed by atoms with Crippen molar-refractivity contribution < 1.29 is 19.1 Å². The molecule has 0 saturated heterocycles. The number of esters is 1. The van der Waals surface area contributed by atoms with Crippen molar-refractivity contribution >= 4 is 23.5 Å². The topological polar surface area (TPSA) is 64.6 Å². The first kappa shape index (κ1) is 16.3. The van der Waals surface area contributed by atoms with Gasteiger partial charge in [0.05, 0.1) is 19.3 Å². The number of unbranched alkanes of at least 4 members (excludes halogenated alkanes) is 1. The normalized spacial score (nSPS) is 9.95. The lowest BCUT2D eigenvalue weighted by molar-refractivity contribution is -0.142. The molecule has 0 aliphatic rings. The van der Waals surface area contributed by atoms with Gasteiger partial charge in [-0.1, -0.05) is 24.9 Å². The predicted molar refractivity (Wildman–Crippen MR) is 76.2 cm³/mol. The zero-order valence-electron chi connectivity index (χ0n) is 11.6. The van der Waals surface area contributed by atoms with Crippen molar-refractivity contribution in [3.05, 3.63) is 28.8 Å². The third-order valence-corrected chi connectivity index (χ3v) is 2.80. The molecular weight excluding hydrogens is 282 g/mol. The van der Waals surface area contributed by atoms with E-state index >= 15 is 0 Å². The molecule has 1 aromatic carbocycles. The number of carbonyl (C=O) groups is 2. The zero-order chi connectivity index (χ0) is 15.0. The summed E-state index contributed by atoms with van der Waals surface area (Å²) in [5.74, 6) is -0.514. The molecule has 1 N–H and O–H groups in total. The van der Waals surface area contributed by atoms with Gasteiger partial charge in [0.1, 0.15) is 12.3 Å². The SMILES string of the molecule is CCCCOC(=O)CNC(=O)c1ccc(Cl)cc1OC. The van der Waals surface area contributed by atoms with Crippen LogP contribution in [-0.2, 0) is 9.53 Å². The minimum absolute atomic E-state index is 0.172. The number of ether oxygens (including phenoxy) is 2. The lowest BCUT2D eigenvalue weighted by atomic mass is 10.2. The van der Waals surface area contributed by atoms with Gasteiger partial charge in [0.2, 0.25) is 0 Å². The summed E-state index contributed by atoms with van der Waals surface area (Å²) in [5, 5.41) is 2.95. The average molecular weight is 300 g/mol. The fourth-order valence-electron chi connectivity index (χ4n) is 1.48. The van der Waals surface area contributed by atoms with Crippen LogP contribution >= 0.6 is 11.6 Å². The molecule has 0 spiro atoms. The van der Waals surface area contributed by atoms with Crippen molar-refractivity contribution in [1.29, 1.82) is 0 Å². The largest absolute Gasteiger partial charge is 0.496 e. The van der Waals surface area contributed by atoms with Crippen LogP contribution in [0.4, 0.5) is 0 Å². The maximum atomic E-state index is 11.9. The fourth-order valence-corrected chi connectivity index (χ4v) is 1.64. The van der Waals surface area contributed by atoms with Gasteiger partial charge in [-0.3, -0.25) is 9.59 Å².